The molecule has 0 radical (unpaired) electrons. The lowest BCUT2D eigenvalue weighted by Gasteiger charge is -2.45. The first-order chi connectivity index (χ1) is 15.0. The smallest absolute Gasteiger partial charge is 0.276 e. The van der Waals surface area contributed by atoms with Gasteiger partial charge in [0.15, 0.2) is 5.69 Å². The zero-order valence-electron chi connectivity index (χ0n) is 18.3. The van der Waals surface area contributed by atoms with Crippen LogP contribution in [0.15, 0.2) is 35.1 Å². The van der Waals surface area contributed by atoms with E-state index in [4.69, 9.17) is 0 Å². The summed E-state index contributed by atoms with van der Waals surface area (Å²) in [5.41, 5.74) is 0.117. The molecular weight excluding hydrogens is 395 g/mol. The molecule has 7 heteroatoms. The van der Waals surface area contributed by atoms with E-state index in [1.54, 1.807) is 30.0 Å². The molecule has 1 aromatic heterocycles. The van der Waals surface area contributed by atoms with E-state index in [1.165, 1.54) is 55.3 Å². The molecule has 31 heavy (non-hydrogen) atoms. The number of rotatable bonds is 5. The highest BCUT2D eigenvalue weighted by Gasteiger charge is 2.42. The number of nitrogens with one attached hydrogen (secondary N) is 2. The monoisotopic (exact) mass is 427 g/mol. The molecule has 1 amide bonds. The molecule has 1 aromatic carbocycles. The summed E-state index contributed by atoms with van der Waals surface area (Å²) in [6, 6.07) is 7.56. The fourth-order valence-corrected chi connectivity index (χ4v) is 5.30. The van der Waals surface area contributed by atoms with Gasteiger partial charge in [-0.25, -0.2) is 9.07 Å². The molecule has 166 valence electrons. The maximum Gasteiger partial charge on any atom is 0.276 e. The fourth-order valence-electron chi connectivity index (χ4n) is 5.30. The Morgan fingerprint density at radius 3 is 2.52 bits per heavy atom. The summed E-state index contributed by atoms with van der Waals surface area (Å²) < 4.78 is 15.6. The van der Waals surface area contributed by atoms with Gasteiger partial charge < -0.3 is 10.2 Å². The van der Waals surface area contributed by atoms with Crippen LogP contribution in [-0.4, -0.2) is 40.9 Å². The molecule has 2 aliphatic rings. The largest absolute Gasteiger partial charge is 0.344 e. The van der Waals surface area contributed by atoms with E-state index in [2.05, 4.69) is 10.4 Å². The topological polar surface area (TPSA) is 68.4 Å². The number of likely N-dealkylation sites (tertiary alicyclic amines) is 1. The molecular formula is C24H32FN4O2+. The Kier molecular flexibility index (Phi) is 6.51. The average Bonchev–Trinajstić information content (AvgIpc) is 2.79. The zero-order valence-corrected chi connectivity index (χ0v) is 18.3. The maximum absolute atomic E-state index is 14.3. The number of halogens is 1. The number of quaternary nitrogens is 1. The molecule has 1 saturated heterocycles. The summed E-state index contributed by atoms with van der Waals surface area (Å²) in [6.45, 7) is 4.53. The van der Waals surface area contributed by atoms with E-state index in [0.29, 0.717) is 12.2 Å². The number of hydrogen-bond donors (Lipinski definition) is 2. The Hall–Kier alpha value is -2.54. The summed E-state index contributed by atoms with van der Waals surface area (Å²) in [4.78, 5) is 27.2. The number of aromatic nitrogens is 2. The standard InChI is InChI=1S/C24H31FN4O2/c1-18-16-21(30)22(27-29(18)20-11-5-4-10-19(20)25)23(31)26-17-24(12-6-2-7-13-24)28-14-8-3-9-15-28/h4-5,10-11,16H,2-3,6-9,12-15,17H2,1H3,(H,26,31)/p+1. The van der Waals surface area contributed by atoms with Gasteiger partial charge in [0, 0.05) is 24.6 Å². The average molecular weight is 428 g/mol. The summed E-state index contributed by atoms with van der Waals surface area (Å²) >= 11 is 0. The van der Waals surface area contributed by atoms with Crippen molar-refractivity contribution in [3.8, 4) is 5.69 Å². The second-order valence-corrected chi connectivity index (χ2v) is 9.05. The first-order valence-electron chi connectivity index (χ1n) is 11.5. The summed E-state index contributed by atoms with van der Waals surface area (Å²) in [5, 5.41) is 7.28. The predicted molar refractivity (Wildman–Crippen MR) is 117 cm³/mol. The first-order valence-corrected chi connectivity index (χ1v) is 11.5. The number of aryl methyl sites for hydroxylation is 1. The van der Waals surface area contributed by atoms with Crippen LogP contribution in [0.5, 0.6) is 0 Å². The second-order valence-electron chi connectivity index (χ2n) is 9.05. The molecule has 2 N–H and O–H groups in total. The molecule has 1 aliphatic carbocycles. The third-order valence-electron chi connectivity index (χ3n) is 7.01. The van der Waals surface area contributed by atoms with Crippen molar-refractivity contribution in [2.24, 2.45) is 0 Å². The van der Waals surface area contributed by atoms with Crippen molar-refractivity contribution in [2.75, 3.05) is 19.6 Å². The number of piperidine rings is 1. The molecule has 0 unspecified atom stereocenters. The van der Waals surface area contributed by atoms with Crippen LogP contribution in [0.25, 0.3) is 5.69 Å². The van der Waals surface area contributed by atoms with Crippen molar-refractivity contribution in [3.05, 3.63) is 57.8 Å². The minimum Gasteiger partial charge on any atom is -0.344 e. The molecule has 2 fully saturated rings. The molecule has 2 heterocycles. The van der Waals surface area contributed by atoms with Crippen molar-refractivity contribution >= 4 is 5.91 Å². The van der Waals surface area contributed by atoms with Gasteiger partial charge in [0.05, 0.1) is 19.6 Å². The maximum atomic E-state index is 14.3. The Balaban J connectivity index is 1.57. The molecule has 1 aliphatic heterocycles. The number of carbonyl (C=O) groups is 1. The highest BCUT2D eigenvalue weighted by atomic mass is 19.1. The number of nitrogens with zero attached hydrogens (tertiary/aromatic N) is 2. The molecule has 0 atom stereocenters. The van der Waals surface area contributed by atoms with E-state index < -0.39 is 17.2 Å². The van der Waals surface area contributed by atoms with Crippen molar-refractivity contribution in [2.45, 2.75) is 63.8 Å². The van der Waals surface area contributed by atoms with Gasteiger partial charge in [-0.2, -0.15) is 5.10 Å². The normalized spacial score (nSPS) is 19.2. The number of amides is 1. The SMILES string of the molecule is Cc1cc(=O)c(C(=O)NCC2([NH+]3CCCCC3)CCCCC2)nn1-c1ccccc1F. The Labute approximate surface area is 182 Å². The highest BCUT2D eigenvalue weighted by Crippen LogP contribution is 2.26. The van der Waals surface area contributed by atoms with E-state index in [9.17, 15) is 14.0 Å². The highest BCUT2D eigenvalue weighted by molar-refractivity contribution is 5.92. The van der Waals surface area contributed by atoms with Gasteiger partial charge in [-0.1, -0.05) is 18.6 Å². The first kappa shape index (κ1) is 21.7. The molecule has 0 bridgehead atoms. The Morgan fingerprint density at radius 2 is 1.81 bits per heavy atom. The van der Waals surface area contributed by atoms with Crippen LogP contribution in [-0.2, 0) is 0 Å². The minimum atomic E-state index is -0.476. The fraction of sp³-hybridized carbons (Fsp3) is 0.542. The summed E-state index contributed by atoms with van der Waals surface area (Å²) in [6.07, 6.45) is 9.57. The lowest BCUT2D eigenvalue weighted by Crippen LogP contribution is -3.22. The van der Waals surface area contributed by atoms with Crippen LogP contribution < -0.4 is 15.6 Å². The quantitative estimate of drug-likeness (QED) is 0.769. The van der Waals surface area contributed by atoms with Gasteiger partial charge in [0.2, 0.25) is 5.43 Å². The van der Waals surface area contributed by atoms with Gasteiger partial charge >= 0.3 is 0 Å². The summed E-state index contributed by atoms with van der Waals surface area (Å²) in [5.74, 6) is -0.931. The number of benzene rings is 1. The van der Waals surface area contributed by atoms with E-state index in [-0.39, 0.29) is 16.9 Å². The molecule has 0 spiro atoms. The van der Waals surface area contributed by atoms with Gasteiger partial charge in [0.1, 0.15) is 17.0 Å². The molecule has 2 aromatic rings. The van der Waals surface area contributed by atoms with Gasteiger partial charge in [0.25, 0.3) is 5.91 Å². The van der Waals surface area contributed by atoms with Gasteiger partial charge in [-0.05, 0) is 51.2 Å². The Bertz CT molecular complexity index is 991. The van der Waals surface area contributed by atoms with Crippen LogP contribution in [0.2, 0.25) is 0 Å². The third kappa shape index (κ3) is 4.56. The van der Waals surface area contributed by atoms with Crippen molar-refractivity contribution in [1.82, 2.24) is 15.1 Å². The van der Waals surface area contributed by atoms with Crippen LogP contribution in [0.3, 0.4) is 0 Å². The lowest BCUT2D eigenvalue weighted by atomic mass is 9.79. The van der Waals surface area contributed by atoms with Gasteiger partial charge in [-0.3, -0.25) is 9.59 Å². The number of hydrogen-bond acceptors (Lipinski definition) is 3. The van der Waals surface area contributed by atoms with Crippen molar-refractivity contribution < 1.29 is 14.1 Å². The Morgan fingerprint density at radius 1 is 1.13 bits per heavy atom. The second kappa shape index (κ2) is 9.30. The molecule has 6 nitrogen and oxygen atoms in total. The number of para-hydroxylation sites is 1. The van der Waals surface area contributed by atoms with Crippen LogP contribution >= 0.6 is 0 Å². The molecule has 1 saturated carbocycles. The minimum absolute atomic E-state index is 0.0452. The van der Waals surface area contributed by atoms with Crippen LogP contribution in [0.1, 0.15) is 67.5 Å². The van der Waals surface area contributed by atoms with E-state index >= 15 is 0 Å². The zero-order chi connectivity index (χ0) is 21.8. The van der Waals surface area contributed by atoms with E-state index in [1.807, 2.05) is 0 Å². The lowest BCUT2D eigenvalue weighted by molar-refractivity contribution is -0.957. The number of carbonyl (C=O) groups excluding carboxylic acids is 1. The van der Waals surface area contributed by atoms with Crippen LogP contribution in [0, 0.1) is 12.7 Å². The van der Waals surface area contributed by atoms with Crippen molar-refractivity contribution in [1.29, 1.82) is 0 Å². The van der Waals surface area contributed by atoms with Crippen LogP contribution in [0.4, 0.5) is 4.39 Å². The predicted octanol–water partition coefficient (Wildman–Crippen LogP) is 2.18. The van der Waals surface area contributed by atoms with Crippen molar-refractivity contribution in [3.63, 3.8) is 0 Å². The molecule has 4 rings (SSSR count). The summed E-state index contributed by atoms with van der Waals surface area (Å²) in [7, 11) is 0. The van der Waals surface area contributed by atoms with E-state index in [0.717, 1.165) is 25.9 Å². The third-order valence-corrected chi connectivity index (χ3v) is 7.01. The van der Waals surface area contributed by atoms with Gasteiger partial charge in [-0.15, -0.1) is 0 Å².